The Balaban J connectivity index is 0.959. The van der Waals surface area contributed by atoms with Crippen molar-refractivity contribution in [3.63, 3.8) is 0 Å². The average Bonchev–Trinajstić information content (AvgIpc) is 4.17. The fourth-order valence-electron chi connectivity index (χ4n) is 15.5. The summed E-state index contributed by atoms with van der Waals surface area (Å²) in [6.45, 7) is 0.134. The first kappa shape index (κ1) is 32.1. The van der Waals surface area contributed by atoms with Gasteiger partial charge in [-0.25, -0.2) is 0 Å². The monoisotopic (exact) mass is 756 g/mol. The van der Waals surface area contributed by atoms with Gasteiger partial charge in [0.2, 0.25) is 0 Å². The van der Waals surface area contributed by atoms with Crippen molar-refractivity contribution in [2.75, 3.05) is 9.80 Å². The minimum Gasteiger partial charge on any atom is -0.311 e. The molecule has 4 saturated carbocycles. The Labute approximate surface area is 347 Å². The van der Waals surface area contributed by atoms with Gasteiger partial charge < -0.3 is 9.80 Å². The molecule has 59 heavy (non-hydrogen) atoms. The van der Waals surface area contributed by atoms with Gasteiger partial charge in [0.05, 0.1) is 5.69 Å². The lowest BCUT2D eigenvalue weighted by Crippen LogP contribution is -2.61. The van der Waals surface area contributed by atoms with Gasteiger partial charge in [0.25, 0.3) is 6.71 Å². The third-order valence-corrected chi connectivity index (χ3v) is 17.4. The first-order valence-corrected chi connectivity index (χ1v) is 22.6. The van der Waals surface area contributed by atoms with E-state index in [1.54, 1.807) is 22.3 Å². The Hall–Kier alpha value is -5.80. The van der Waals surface area contributed by atoms with Crippen LogP contribution in [0, 0.1) is 23.7 Å². The molecule has 4 fully saturated rings. The summed E-state index contributed by atoms with van der Waals surface area (Å²) in [5.74, 6) is 3.20. The van der Waals surface area contributed by atoms with Gasteiger partial charge in [-0.05, 0) is 160 Å². The number of fused-ring (bicyclic) bond motifs is 20. The van der Waals surface area contributed by atoms with E-state index < -0.39 is 0 Å². The zero-order chi connectivity index (χ0) is 38.2. The number of nitrogens with zero attached hydrogens (tertiary/aromatic N) is 2. The Bertz CT molecular complexity index is 3000. The van der Waals surface area contributed by atoms with Crippen LogP contribution in [0.3, 0.4) is 0 Å². The summed E-state index contributed by atoms with van der Waals surface area (Å²) in [7, 11) is 0. The van der Waals surface area contributed by atoms with Crippen molar-refractivity contribution in [2.24, 2.45) is 23.7 Å². The predicted octanol–water partition coefficient (Wildman–Crippen LogP) is 11.9. The molecule has 7 aromatic rings. The Kier molecular flexibility index (Phi) is 6.02. The zero-order valence-corrected chi connectivity index (χ0v) is 33.4. The van der Waals surface area contributed by atoms with Crippen molar-refractivity contribution in [3.8, 4) is 22.3 Å². The molecule has 282 valence electrons. The quantitative estimate of drug-likeness (QED) is 0.162. The highest BCUT2D eigenvalue weighted by atomic mass is 15.2. The second-order valence-electron chi connectivity index (χ2n) is 19.6. The lowest BCUT2D eigenvalue weighted by molar-refractivity contribution is 0.327. The molecular formula is C56H45BN2. The molecule has 0 N–H and O–H groups in total. The number of para-hydroxylation sites is 2. The third-order valence-electron chi connectivity index (χ3n) is 17.4. The van der Waals surface area contributed by atoms with Crippen LogP contribution < -0.4 is 26.2 Å². The summed E-state index contributed by atoms with van der Waals surface area (Å²) in [5.41, 5.74) is 24.4. The highest BCUT2D eigenvalue weighted by Crippen LogP contribution is 2.68. The molecule has 0 aromatic heterocycles. The van der Waals surface area contributed by atoms with Crippen LogP contribution in [0.15, 0.2) is 152 Å². The normalized spacial score (nSPS) is 27.5. The van der Waals surface area contributed by atoms with Crippen LogP contribution in [-0.4, -0.2) is 6.71 Å². The van der Waals surface area contributed by atoms with Gasteiger partial charge in [0.15, 0.2) is 0 Å². The molecule has 15 rings (SSSR count). The van der Waals surface area contributed by atoms with Crippen LogP contribution in [0.5, 0.6) is 0 Å². The molecule has 8 aliphatic rings. The topological polar surface area (TPSA) is 6.48 Å². The molecule has 6 aliphatic carbocycles. The number of anilines is 6. The van der Waals surface area contributed by atoms with Crippen LogP contribution in [0.4, 0.5) is 34.1 Å². The lowest BCUT2D eigenvalue weighted by atomic mass is 9.33. The number of hydrogen-bond acceptors (Lipinski definition) is 2. The van der Waals surface area contributed by atoms with Gasteiger partial charge in [0, 0.05) is 44.8 Å². The summed E-state index contributed by atoms with van der Waals surface area (Å²) in [4.78, 5) is 5.27. The van der Waals surface area contributed by atoms with Crippen molar-refractivity contribution in [2.45, 2.75) is 62.2 Å². The van der Waals surface area contributed by atoms with E-state index in [1.165, 1.54) is 124 Å². The van der Waals surface area contributed by atoms with E-state index in [4.69, 9.17) is 0 Å². The van der Waals surface area contributed by atoms with Crippen LogP contribution in [0.1, 0.15) is 73.6 Å². The molecule has 2 aliphatic heterocycles. The third kappa shape index (κ3) is 3.75. The Morgan fingerprint density at radius 3 is 1.64 bits per heavy atom. The Morgan fingerprint density at radius 2 is 0.949 bits per heavy atom. The van der Waals surface area contributed by atoms with Crippen LogP contribution in [-0.2, 0) is 10.8 Å². The Morgan fingerprint density at radius 1 is 0.424 bits per heavy atom. The zero-order valence-electron chi connectivity index (χ0n) is 33.4. The van der Waals surface area contributed by atoms with E-state index >= 15 is 0 Å². The predicted molar refractivity (Wildman–Crippen MR) is 244 cm³/mol. The minimum absolute atomic E-state index is 0.134. The summed E-state index contributed by atoms with van der Waals surface area (Å²) in [6.07, 6.45) is 10.9. The number of benzene rings is 7. The smallest absolute Gasteiger partial charge is 0.252 e. The van der Waals surface area contributed by atoms with Gasteiger partial charge in [-0.1, -0.05) is 122 Å². The van der Waals surface area contributed by atoms with Crippen LogP contribution in [0.2, 0.25) is 0 Å². The SMILES string of the molecule is c1ccc2c(c1)B1c3ccccc3N(c3cccc4c3-c3ccccc3[C@]43CC4CC[C@H]3C4)c3cccc(c31)N2c1ccc2c(c1)-c1ccccc1[C@@]21C[C@H]2CC[C@@H]1C2. The van der Waals surface area contributed by atoms with Gasteiger partial charge in [-0.15, -0.1) is 0 Å². The molecular weight excluding hydrogens is 711 g/mol. The second-order valence-corrected chi connectivity index (χ2v) is 19.6. The van der Waals surface area contributed by atoms with E-state index in [0.29, 0.717) is 0 Å². The van der Waals surface area contributed by atoms with E-state index in [2.05, 4.69) is 161 Å². The maximum absolute atomic E-state index is 2.66. The van der Waals surface area contributed by atoms with Gasteiger partial charge in [0.1, 0.15) is 0 Å². The molecule has 3 heteroatoms. The summed E-state index contributed by atoms with van der Waals surface area (Å²) in [5, 5.41) is 0. The van der Waals surface area contributed by atoms with E-state index in [-0.39, 0.29) is 17.5 Å². The fraction of sp³-hybridized carbons (Fsp3) is 0.250. The maximum Gasteiger partial charge on any atom is 0.252 e. The molecule has 6 atom stereocenters. The van der Waals surface area contributed by atoms with Crippen molar-refractivity contribution in [1.29, 1.82) is 0 Å². The average molecular weight is 757 g/mol. The number of hydrogen-bond donors (Lipinski definition) is 0. The van der Waals surface area contributed by atoms with Crippen molar-refractivity contribution >= 4 is 57.2 Å². The maximum atomic E-state index is 2.66. The number of rotatable bonds is 2. The lowest BCUT2D eigenvalue weighted by Gasteiger charge is -2.44. The molecule has 0 saturated heterocycles. The minimum atomic E-state index is 0.134. The van der Waals surface area contributed by atoms with Crippen molar-refractivity contribution < 1.29 is 0 Å². The molecule has 7 aromatic carbocycles. The molecule has 2 nitrogen and oxygen atoms in total. The molecule has 0 amide bonds. The second kappa shape index (κ2) is 11.1. The van der Waals surface area contributed by atoms with Gasteiger partial charge >= 0.3 is 0 Å². The molecule has 1 unspecified atom stereocenters. The highest BCUT2D eigenvalue weighted by molar-refractivity contribution is 7.00. The molecule has 0 radical (unpaired) electrons. The largest absolute Gasteiger partial charge is 0.311 e. The van der Waals surface area contributed by atoms with Gasteiger partial charge in [-0.3, -0.25) is 0 Å². The summed E-state index contributed by atoms with van der Waals surface area (Å²) >= 11 is 0. The van der Waals surface area contributed by atoms with E-state index in [9.17, 15) is 0 Å². The fourth-order valence-corrected chi connectivity index (χ4v) is 15.5. The van der Waals surface area contributed by atoms with Crippen LogP contribution >= 0.6 is 0 Å². The summed E-state index contributed by atoms with van der Waals surface area (Å²) < 4.78 is 0. The van der Waals surface area contributed by atoms with Crippen molar-refractivity contribution in [1.82, 2.24) is 0 Å². The first-order chi connectivity index (χ1) is 29.2. The summed E-state index contributed by atoms with van der Waals surface area (Å²) in [6, 6.07) is 59.5. The molecule has 2 spiro atoms. The van der Waals surface area contributed by atoms with Gasteiger partial charge in [-0.2, -0.15) is 0 Å². The van der Waals surface area contributed by atoms with Crippen LogP contribution in [0.25, 0.3) is 22.3 Å². The molecule has 2 heterocycles. The van der Waals surface area contributed by atoms with E-state index in [0.717, 1.165) is 23.7 Å². The van der Waals surface area contributed by atoms with Crippen molar-refractivity contribution in [3.05, 3.63) is 174 Å². The van der Waals surface area contributed by atoms with E-state index in [1.807, 2.05) is 0 Å². The standard InChI is InChI=1S/C56H45BN2/c1-3-13-42-39(11-1)41-31-38(27-28-44(41)55(42)32-34-23-25-36(55)29-34)58-48-18-7-5-16-46(48)57-47-17-6-8-19-49(47)59(52-22-10-21-51(58)54(52)57)50-20-9-15-45-53(50)40-12-2-4-14-43(40)56(45)33-35-24-26-37(56)30-35/h1-22,27-28,31,34-37H,23-26,29-30,32-33H2/t34-,35?,36+,37-,55-,56+/m0/s1. The first-order valence-electron chi connectivity index (χ1n) is 22.6. The highest BCUT2D eigenvalue weighted by Gasteiger charge is 2.58. The molecule has 4 bridgehead atoms.